The molecule has 0 saturated heterocycles. The average molecular weight is 228 g/mol. The van der Waals surface area contributed by atoms with Crippen LogP contribution in [0.4, 0.5) is 5.69 Å². The van der Waals surface area contributed by atoms with Crippen LogP contribution in [0.5, 0.6) is 5.75 Å². The molecule has 0 amide bonds. The number of rotatable bonds is 5. The molecule has 0 aliphatic carbocycles. The predicted octanol–water partition coefficient (Wildman–Crippen LogP) is 2.68. The van der Waals surface area contributed by atoms with E-state index in [1.165, 1.54) is 5.56 Å². The van der Waals surface area contributed by atoms with E-state index in [2.05, 4.69) is 4.98 Å². The molecule has 2 aromatic rings. The number of nitrogens with zero attached hydrogens (tertiary/aromatic N) is 1. The van der Waals surface area contributed by atoms with Gasteiger partial charge in [-0.3, -0.25) is 4.98 Å². The molecule has 0 radical (unpaired) electrons. The summed E-state index contributed by atoms with van der Waals surface area (Å²) in [6.45, 7) is 0.677. The second kappa shape index (κ2) is 5.89. The van der Waals surface area contributed by atoms with Crippen LogP contribution in [0, 0.1) is 0 Å². The molecule has 0 spiro atoms. The largest absolute Gasteiger partial charge is 0.491 e. The van der Waals surface area contributed by atoms with Gasteiger partial charge in [0.1, 0.15) is 5.75 Å². The highest BCUT2D eigenvalue weighted by molar-refractivity contribution is 5.51. The maximum Gasteiger partial charge on any atom is 0.142 e. The Balaban J connectivity index is 1.76. The standard InChI is InChI=1S/C14H16N2O/c15-13-5-1-2-6-14(13)17-11-3-4-12-7-9-16-10-8-12/h1-2,5-10H,3-4,11,15H2. The lowest BCUT2D eigenvalue weighted by Crippen LogP contribution is -2.01. The zero-order valence-corrected chi connectivity index (χ0v) is 9.67. The van der Waals surface area contributed by atoms with Crippen molar-refractivity contribution in [2.45, 2.75) is 12.8 Å². The van der Waals surface area contributed by atoms with E-state index in [0.717, 1.165) is 18.6 Å². The van der Waals surface area contributed by atoms with Crippen LogP contribution in [0.15, 0.2) is 48.8 Å². The number of nitrogen functional groups attached to an aromatic ring is 1. The summed E-state index contributed by atoms with van der Waals surface area (Å²) in [5, 5.41) is 0. The van der Waals surface area contributed by atoms with Crippen LogP contribution in [0.1, 0.15) is 12.0 Å². The van der Waals surface area contributed by atoms with E-state index >= 15 is 0 Å². The van der Waals surface area contributed by atoms with E-state index in [0.29, 0.717) is 12.3 Å². The number of ether oxygens (including phenoxy) is 1. The first-order chi connectivity index (χ1) is 8.36. The molecule has 2 N–H and O–H groups in total. The first-order valence-electron chi connectivity index (χ1n) is 5.72. The van der Waals surface area contributed by atoms with Crippen LogP contribution >= 0.6 is 0 Å². The Morgan fingerprint density at radius 2 is 1.82 bits per heavy atom. The van der Waals surface area contributed by atoms with Gasteiger partial charge in [-0.1, -0.05) is 12.1 Å². The monoisotopic (exact) mass is 228 g/mol. The average Bonchev–Trinajstić information content (AvgIpc) is 2.38. The fourth-order valence-electron chi connectivity index (χ4n) is 1.62. The van der Waals surface area contributed by atoms with Crippen molar-refractivity contribution < 1.29 is 4.74 Å². The second-order valence-corrected chi connectivity index (χ2v) is 3.85. The Hall–Kier alpha value is -2.03. The third-order valence-corrected chi connectivity index (χ3v) is 2.54. The summed E-state index contributed by atoms with van der Waals surface area (Å²) in [5.74, 6) is 0.766. The van der Waals surface area contributed by atoms with Gasteiger partial charge in [-0.05, 0) is 42.7 Å². The van der Waals surface area contributed by atoms with E-state index in [1.54, 1.807) is 0 Å². The molecule has 1 aromatic heterocycles. The second-order valence-electron chi connectivity index (χ2n) is 3.85. The summed E-state index contributed by atoms with van der Waals surface area (Å²) in [6.07, 6.45) is 5.59. The smallest absolute Gasteiger partial charge is 0.142 e. The van der Waals surface area contributed by atoms with Crippen LogP contribution in [-0.4, -0.2) is 11.6 Å². The van der Waals surface area contributed by atoms with Gasteiger partial charge in [-0.25, -0.2) is 0 Å². The first kappa shape index (κ1) is 11.5. The van der Waals surface area contributed by atoms with Crippen molar-refractivity contribution in [3.05, 3.63) is 54.4 Å². The third kappa shape index (κ3) is 3.48. The normalized spacial score (nSPS) is 10.1. The molecule has 0 fully saturated rings. The van der Waals surface area contributed by atoms with E-state index in [4.69, 9.17) is 10.5 Å². The quantitative estimate of drug-likeness (QED) is 0.632. The Kier molecular flexibility index (Phi) is 3.97. The summed E-state index contributed by atoms with van der Waals surface area (Å²) in [6, 6.07) is 11.6. The number of pyridine rings is 1. The van der Waals surface area contributed by atoms with Gasteiger partial charge in [-0.2, -0.15) is 0 Å². The van der Waals surface area contributed by atoms with Crippen molar-refractivity contribution in [2.75, 3.05) is 12.3 Å². The maximum absolute atomic E-state index is 5.78. The molecule has 0 saturated carbocycles. The van der Waals surface area contributed by atoms with Crippen LogP contribution in [-0.2, 0) is 6.42 Å². The summed E-state index contributed by atoms with van der Waals surface area (Å²) in [5.41, 5.74) is 7.75. The highest BCUT2D eigenvalue weighted by Crippen LogP contribution is 2.19. The van der Waals surface area contributed by atoms with Crippen molar-refractivity contribution in [3.63, 3.8) is 0 Å². The van der Waals surface area contributed by atoms with Gasteiger partial charge in [0.15, 0.2) is 0 Å². The van der Waals surface area contributed by atoms with Crippen molar-refractivity contribution >= 4 is 5.69 Å². The van der Waals surface area contributed by atoms with Gasteiger partial charge in [0, 0.05) is 12.4 Å². The van der Waals surface area contributed by atoms with Crippen molar-refractivity contribution in [1.82, 2.24) is 4.98 Å². The fraction of sp³-hybridized carbons (Fsp3) is 0.214. The molecule has 88 valence electrons. The molecule has 1 heterocycles. The number of benzene rings is 1. The number of hydrogen-bond donors (Lipinski definition) is 1. The number of aromatic nitrogens is 1. The minimum Gasteiger partial charge on any atom is -0.491 e. The predicted molar refractivity (Wildman–Crippen MR) is 68.9 cm³/mol. The molecule has 1 aromatic carbocycles. The van der Waals surface area contributed by atoms with Gasteiger partial charge >= 0.3 is 0 Å². The molecule has 0 unspecified atom stereocenters. The van der Waals surface area contributed by atoms with Gasteiger partial charge in [0.2, 0.25) is 0 Å². The topological polar surface area (TPSA) is 48.1 Å². The molecule has 0 atom stereocenters. The van der Waals surface area contributed by atoms with Crippen LogP contribution in [0.2, 0.25) is 0 Å². The number of nitrogens with two attached hydrogens (primary N) is 1. The van der Waals surface area contributed by atoms with Gasteiger partial charge in [0.05, 0.1) is 12.3 Å². The number of anilines is 1. The summed E-state index contributed by atoms with van der Waals surface area (Å²) in [7, 11) is 0. The first-order valence-corrected chi connectivity index (χ1v) is 5.72. The van der Waals surface area contributed by atoms with Crippen molar-refractivity contribution in [3.8, 4) is 5.75 Å². The Morgan fingerprint density at radius 1 is 1.06 bits per heavy atom. The van der Waals surface area contributed by atoms with Gasteiger partial charge < -0.3 is 10.5 Å². The van der Waals surface area contributed by atoms with Crippen LogP contribution in [0.25, 0.3) is 0 Å². The van der Waals surface area contributed by atoms with Crippen LogP contribution in [0.3, 0.4) is 0 Å². The van der Waals surface area contributed by atoms with Gasteiger partial charge in [-0.15, -0.1) is 0 Å². The lowest BCUT2D eigenvalue weighted by molar-refractivity contribution is 0.312. The maximum atomic E-state index is 5.78. The minimum atomic E-state index is 0.677. The molecule has 3 nitrogen and oxygen atoms in total. The zero-order chi connectivity index (χ0) is 11.9. The van der Waals surface area contributed by atoms with E-state index in [1.807, 2.05) is 48.8 Å². The number of hydrogen-bond acceptors (Lipinski definition) is 3. The summed E-state index contributed by atoms with van der Waals surface area (Å²) in [4.78, 5) is 3.99. The SMILES string of the molecule is Nc1ccccc1OCCCc1ccncc1. The van der Waals surface area contributed by atoms with E-state index < -0.39 is 0 Å². The fourth-order valence-corrected chi connectivity index (χ4v) is 1.62. The molecule has 0 aliphatic heterocycles. The number of para-hydroxylation sites is 2. The van der Waals surface area contributed by atoms with E-state index in [-0.39, 0.29) is 0 Å². The molecule has 0 bridgehead atoms. The molecule has 2 rings (SSSR count). The number of aryl methyl sites for hydroxylation is 1. The van der Waals surface area contributed by atoms with Crippen LogP contribution < -0.4 is 10.5 Å². The molecular formula is C14H16N2O. The summed E-state index contributed by atoms with van der Waals surface area (Å²) < 4.78 is 5.62. The minimum absolute atomic E-state index is 0.677. The Morgan fingerprint density at radius 3 is 2.59 bits per heavy atom. The molecule has 17 heavy (non-hydrogen) atoms. The third-order valence-electron chi connectivity index (χ3n) is 2.54. The zero-order valence-electron chi connectivity index (χ0n) is 9.67. The highest BCUT2D eigenvalue weighted by atomic mass is 16.5. The van der Waals surface area contributed by atoms with Crippen molar-refractivity contribution in [2.24, 2.45) is 0 Å². The Labute approximate surface area is 101 Å². The lowest BCUT2D eigenvalue weighted by atomic mass is 10.1. The summed E-state index contributed by atoms with van der Waals surface area (Å²) >= 11 is 0. The molecule has 3 heteroatoms. The van der Waals surface area contributed by atoms with Crippen molar-refractivity contribution in [1.29, 1.82) is 0 Å². The van der Waals surface area contributed by atoms with E-state index in [9.17, 15) is 0 Å². The molecule has 0 aliphatic rings. The lowest BCUT2D eigenvalue weighted by Gasteiger charge is -2.08. The Bertz CT molecular complexity index is 457. The molecular weight excluding hydrogens is 212 g/mol. The highest BCUT2D eigenvalue weighted by Gasteiger charge is 1.98. The van der Waals surface area contributed by atoms with Gasteiger partial charge in [0.25, 0.3) is 0 Å².